The van der Waals surface area contributed by atoms with Gasteiger partial charge >= 0.3 is 0 Å². The van der Waals surface area contributed by atoms with Gasteiger partial charge in [0.25, 0.3) is 6.43 Å². The van der Waals surface area contributed by atoms with Crippen LogP contribution < -0.4 is 11.1 Å². The lowest BCUT2D eigenvalue weighted by molar-refractivity contribution is 0.146. The lowest BCUT2D eigenvalue weighted by Gasteiger charge is -2.07. The third-order valence-electron chi connectivity index (χ3n) is 2.65. The molecule has 2 rings (SSSR count). The number of rotatable bonds is 6. The first kappa shape index (κ1) is 14.3. The Labute approximate surface area is 115 Å². The predicted octanol–water partition coefficient (Wildman–Crippen LogP) is 1.67. The van der Waals surface area contributed by atoms with E-state index in [1.807, 2.05) is 6.92 Å². The molecule has 2 aromatic heterocycles. The van der Waals surface area contributed by atoms with Gasteiger partial charge in [-0.3, -0.25) is 4.68 Å². The summed E-state index contributed by atoms with van der Waals surface area (Å²) in [4.78, 5) is 7.97. The topological polar surface area (TPSA) is 81.7 Å². The number of alkyl halides is 2. The van der Waals surface area contributed by atoms with E-state index in [2.05, 4.69) is 20.4 Å². The normalized spacial score (nSPS) is 11.1. The Morgan fingerprint density at radius 1 is 1.40 bits per heavy atom. The quantitative estimate of drug-likeness (QED) is 0.842. The van der Waals surface area contributed by atoms with Gasteiger partial charge in [0.2, 0.25) is 5.95 Å². The molecule has 0 aliphatic rings. The van der Waals surface area contributed by atoms with Crippen molar-refractivity contribution in [3.05, 3.63) is 24.2 Å². The van der Waals surface area contributed by atoms with Crippen molar-refractivity contribution >= 4 is 5.95 Å². The van der Waals surface area contributed by atoms with Gasteiger partial charge in [-0.2, -0.15) is 5.10 Å². The smallest absolute Gasteiger partial charge is 0.280 e. The lowest BCUT2D eigenvalue weighted by atomic mass is 10.2. The molecule has 108 valence electrons. The van der Waals surface area contributed by atoms with Gasteiger partial charge in [-0.15, -0.1) is 0 Å². The van der Waals surface area contributed by atoms with Crippen LogP contribution >= 0.6 is 0 Å². The van der Waals surface area contributed by atoms with Gasteiger partial charge in [-0.1, -0.05) is 0 Å². The van der Waals surface area contributed by atoms with Crippen molar-refractivity contribution in [2.24, 2.45) is 5.73 Å². The molecule has 2 heterocycles. The summed E-state index contributed by atoms with van der Waals surface area (Å²) in [6.07, 6.45) is 0.689. The van der Waals surface area contributed by atoms with Gasteiger partial charge in [0.15, 0.2) is 0 Å². The second kappa shape index (κ2) is 6.38. The summed E-state index contributed by atoms with van der Waals surface area (Å²) in [7, 11) is 0. The highest BCUT2D eigenvalue weighted by molar-refractivity contribution is 5.59. The van der Waals surface area contributed by atoms with Gasteiger partial charge in [0, 0.05) is 31.4 Å². The minimum Gasteiger partial charge on any atom is -0.353 e. The van der Waals surface area contributed by atoms with Crippen LogP contribution in [0.1, 0.15) is 19.0 Å². The number of hydrogen-bond acceptors (Lipinski definition) is 5. The minimum atomic E-state index is -2.66. The van der Waals surface area contributed by atoms with Gasteiger partial charge in [0.05, 0.1) is 11.9 Å². The number of hydrogen-bond donors (Lipinski definition) is 2. The largest absolute Gasteiger partial charge is 0.353 e. The zero-order chi connectivity index (χ0) is 14.5. The van der Waals surface area contributed by atoms with Crippen LogP contribution in [0.25, 0.3) is 11.3 Å². The molecule has 20 heavy (non-hydrogen) atoms. The Morgan fingerprint density at radius 3 is 2.80 bits per heavy atom. The molecule has 3 N–H and O–H groups in total. The Balaban J connectivity index is 2.37. The van der Waals surface area contributed by atoms with Crippen LogP contribution in [0.3, 0.4) is 0 Å². The third-order valence-corrected chi connectivity index (χ3v) is 2.65. The van der Waals surface area contributed by atoms with Crippen molar-refractivity contribution < 1.29 is 8.78 Å². The van der Waals surface area contributed by atoms with Crippen molar-refractivity contribution in [3.8, 4) is 11.3 Å². The van der Waals surface area contributed by atoms with Crippen LogP contribution in [0.15, 0.2) is 18.5 Å². The monoisotopic (exact) mass is 282 g/mol. The highest BCUT2D eigenvalue weighted by atomic mass is 19.3. The molecule has 0 bridgehead atoms. The molecule has 0 aliphatic carbocycles. The fourth-order valence-corrected chi connectivity index (χ4v) is 1.66. The SMILES string of the molecule is CCn1cc(-c2cc(C(F)F)nc(NCCN)n2)cn1. The summed E-state index contributed by atoms with van der Waals surface area (Å²) < 4.78 is 27.4. The fraction of sp³-hybridized carbons (Fsp3) is 0.417. The van der Waals surface area contributed by atoms with E-state index in [-0.39, 0.29) is 11.6 Å². The van der Waals surface area contributed by atoms with Crippen LogP contribution in [0.2, 0.25) is 0 Å². The molecule has 0 saturated carbocycles. The number of nitrogens with two attached hydrogens (primary N) is 1. The van der Waals surface area contributed by atoms with Crippen molar-refractivity contribution in [1.29, 1.82) is 0 Å². The van der Waals surface area contributed by atoms with Gasteiger partial charge in [-0.05, 0) is 13.0 Å². The Bertz CT molecular complexity index is 569. The summed E-state index contributed by atoms with van der Waals surface area (Å²) >= 11 is 0. The number of nitrogens with one attached hydrogen (secondary N) is 1. The van der Waals surface area contributed by atoms with E-state index in [0.717, 1.165) is 0 Å². The molecular weight excluding hydrogens is 266 g/mol. The summed E-state index contributed by atoms with van der Waals surface area (Å²) in [5.74, 6) is 0.146. The van der Waals surface area contributed by atoms with Gasteiger partial charge in [-0.25, -0.2) is 18.7 Å². The summed E-state index contributed by atoms with van der Waals surface area (Å²) in [6, 6.07) is 1.27. The first-order valence-corrected chi connectivity index (χ1v) is 6.28. The van der Waals surface area contributed by atoms with Crippen molar-refractivity contribution in [3.63, 3.8) is 0 Å². The highest BCUT2D eigenvalue weighted by Gasteiger charge is 2.14. The maximum absolute atomic E-state index is 12.9. The lowest BCUT2D eigenvalue weighted by Crippen LogP contribution is -2.15. The van der Waals surface area contributed by atoms with E-state index in [9.17, 15) is 8.78 Å². The molecule has 0 radical (unpaired) electrons. The average Bonchev–Trinajstić information content (AvgIpc) is 2.93. The minimum absolute atomic E-state index is 0.146. The van der Waals surface area contributed by atoms with Crippen LogP contribution in [-0.4, -0.2) is 32.8 Å². The Hall–Kier alpha value is -2.09. The van der Waals surface area contributed by atoms with Gasteiger partial charge < -0.3 is 11.1 Å². The van der Waals surface area contributed by atoms with Crippen LogP contribution in [0.5, 0.6) is 0 Å². The molecule has 0 aromatic carbocycles. The highest BCUT2D eigenvalue weighted by Crippen LogP contribution is 2.24. The van der Waals surface area contributed by atoms with Crippen LogP contribution in [-0.2, 0) is 6.54 Å². The number of aryl methyl sites for hydroxylation is 1. The molecule has 0 spiro atoms. The van der Waals surface area contributed by atoms with E-state index in [0.29, 0.717) is 30.9 Å². The van der Waals surface area contributed by atoms with E-state index < -0.39 is 6.43 Å². The second-order valence-electron chi connectivity index (χ2n) is 4.10. The standard InChI is InChI=1S/C12H16F2N6/c1-2-20-7-8(6-17-20)9-5-10(11(13)14)19-12(18-9)16-4-3-15/h5-7,11H,2-4,15H2,1H3,(H,16,18,19). The van der Waals surface area contributed by atoms with Gasteiger partial charge in [0.1, 0.15) is 5.69 Å². The zero-order valence-corrected chi connectivity index (χ0v) is 11.1. The van der Waals surface area contributed by atoms with E-state index in [1.54, 1.807) is 17.1 Å². The molecule has 2 aromatic rings. The van der Waals surface area contributed by atoms with Crippen molar-refractivity contribution in [2.45, 2.75) is 19.9 Å². The summed E-state index contributed by atoms with van der Waals surface area (Å²) in [6.45, 7) is 3.42. The summed E-state index contributed by atoms with van der Waals surface area (Å²) in [5.41, 5.74) is 6.13. The number of nitrogens with zero attached hydrogens (tertiary/aromatic N) is 4. The molecular formula is C12H16F2N6. The molecule has 0 atom stereocenters. The maximum atomic E-state index is 12.9. The molecule has 0 fully saturated rings. The first-order chi connectivity index (χ1) is 9.63. The molecule has 8 heteroatoms. The number of halogens is 2. The molecule has 0 saturated heterocycles. The first-order valence-electron chi connectivity index (χ1n) is 6.28. The predicted molar refractivity (Wildman–Crippen MR) is 71.4 cm³/mol. The molecule has 0 unspecified atom stereocenters. The van der Waals surface area contributed by atoms with Crippen molar-refractivity contribution in [1.82, 2.24) is 19.7 Å². The Kier molecular flexibility index (Phi) is 4.57. The number of anilines is 1. The zero-order valence-electron chi connectivity index (χ0n) is 11.1. The Morgan fingerprint density at radius 2 is 2.20 bits per heavy atom. The molecule has 0 aliphatic heterocycles. The van der Waals surface area contributed by atoms with Crippen molar-refractivity contribution in [2.75, 3.05) is 18.4 Å². The van der Waals surface area contributed by atoms with E-state index >= 15 is 0 Å². The summed E-state index contributed by atoms with van der Waals surface area (Å²) in [5, 5.41) is 6.92. The third kappa shape index (κ3) is 3.27. The average molecular weight is 282 g/mol. The maximum Gasteiger partial charge on any atom is 0.280 e. The number of aromatic nitrogens is 4. The molecule has 0 amide bonds. The molecule has 6 nitrogen and oxygen atoms in total. The van der Waals surface area contributed by atoms with Crippen LogP contribution in [0, 0.1) is 0 Å². The van der Waals surface area contributed by atoms with Crippen LogP contribution in [0.4, 0.5) is 14.7 Å². The fourth-order valence-electron chi connectivity index (χ4n) is 1.66. The van der Waals surface area contributed by atoms with E-state index in [1.165, 1.54) is 6.07 Å². The van der Waals surface area contributed by atoms with E-state index in [4.69, 9.17) is 5.73 Å². The second-order valence-corrected chi connectivity index (χ2v) is 4.10.